The molecule has 0 amide bonds. The van der Waals surface area contributed by atoms with Crippen LogP contribution in [0.4, 0.5) is 0 Å². The van der Waals surface area contributed by atoms with Gasteiger partial charge in [0.1, 0.15) is 0 Å². The van der Waals surface area contributed by atoms with Gasteiger partial charge in [0, 0.05) is 43.3 Å². The largest absolute Gasteiger partial charge is 0.299 e. The third kappa shape index (κ3) is 3.77. The van der Waals surface area contributed by atoms with Gasteiger partial charge in [-0.3, -0.25) is 9.58 Å². The molecular formula is C20H23N5. The Morgan fingerprint density at radius 1 is 1.00 bits per heavy atom. The minimum Gasteiger partial charge on any atom is -0.299 e. The molecule has 3 heterocycles. The lowest BCUT2D eigenvalue weighted by Gasteiger charge is -2.31. The average molecular weight is 333 g/mol. The van der Waals surface area contributed by atoms with Crippen molar-refractivity contribution in [2.24, 2.45) is 7.05 Å². The molecule has 3 aromatic rings. The summed E-state index contributed by atoms with van der Waals surface area (Å²) in [5.41, 5.74) is 3.61. The molecule has 25 heavy (non-hydrogen) atoms. The molecule has 1 fully saturated rings. The predicted octanol–water partition coefficient (Wildman–Crippen LogP) is 3.26. The SMILES string of the molecule is Cn1cc(C2CCN(Cc3cnc(-c4ccccc4)nc3)CC2)cn1. The van der Waals surface area contributed by atoms with Crippen LogP contribution in [-0.2, 0) is 13.6 Å². The maximum absolute atomic E-state index is 4.53. The summed E-state index contributed by atoms with van der Waals surface area (Å²) in [6.45, 7) is 3.15. The van der Waals surface area contributed by atoms with Crippen molar-refractivity contribution in [3.63, 3.8) is 0 Å². The first-order valence-corrected chi connectivity index (χ1v) is 8.85. The fraction of sp³-hybridized carbons (Fsp3) is 0.350. The van der Waals surface area contributed by atoms with E-state index in [2.05, 4.69) is 26.2 Å². The first-order chi connectivity index (χ1) is 12.3. The van der Waals surface area contributed by atoms with E-state index in [4.69, 9.17) is 0 Å². The number of aryl methyl sites for hydroxylation is 1. The first-order valence-electron chi connectivity index (χ1n) is 8.85. The van der Waals surface area contributed by atoms with Gasteiger partial charge in [0.2, 0.25) is 0 Å². The van der Waals surface area contributed by atoms with Crippen LogP contribution in [0.5, 0.6) is 0 Å². The number of likely N-dealkylation sites (tertiary alicyclic amines) is 1. The molecule has 1 aliphatic rings. The molecule has 5 heteroatoms. The predicted molar refractivity (Wildman–Crippen MR) is 97.9 cm³/mol. The molecule has 0 aliphatic carbocycles. The monoisotopic (exact) mass is 333 g/mol. The fourth-order valence-electron chi connectivity index (χ4n) is 3.51. The van der Waals surface area contributed by atoms with E-state index in [0.29, 0.717) is 5.92 Å². The van der Waals surface area contributed by atoms with Gasteiger partial charge in [-0.2, -0.15) is 5.10 Å². The Morgan fingerprint density at radius 3 is 2.36 bits per heavy atom. The van der Waals surface area contributed by atoms with Crippen molar-refractivity contribution < 1.29 is 0 Å². The quantitative estimate of drug-likeness (QED) is 0.735. The molecule has 0 radical (unpaired) electrons. The lowest BCUT2D eigenvalue weighted by Crippen LogP contribution is -2.32. The van der Waals surface area contributed by atoms with Gasteiger partial charge >= 0.3 is 0 Å². The Bertz CT molecular complexity index is 802. The molecule has 1 aliphatic heterocycles. The van der Waals surface area contributed by atoms with Gasteiger partial charge in [-0.15, -0.1) is 0 Å². The van der Waals surface area contributed by atoms with Gasteiger partial charge < -0.3 is 0 Å². The van der Waals surface area contributed by atoms with Gasteiger partial charge in [0.25, 0.3) is 0 Å². The summed E-state index contributed by atoms with van der Waals surface area (Å²) in [6.07, 6.45) is 10.5. The van der Waals surface area contributed by atoms with E-state index in [1.165, 1.54) is 24.0 Å². The standard InChI is InChI=1S/C20H23N5/c1-24-15-19(13-23-24)17-7-9-25(10-8-17)14-16-11-21-20(22-12-16)18-5-3-2-4-6-18/h2-6,11-13,15,17H,7-10,14H2,1H3. The topological polar surface area (TPSA) is 46.8 Å². The van der Waals surface area contributed by atoms with Crippen LogP contribution in [0.1, 0.15) is 29.9 Å². The normalized spacial score (nSPS) is 16.2. The zero-order valence-corrected chi connectivity index (χ0v) is 14.5. The third-order valence-corrected chi connectivity index (χ3v) is 4.93. The molecule has 128 valence electrons. The molecule has 1 aromatic carbocycles. The van der Waals surface area contributed by atoms with E-state index >= 15 is 0 Å². The Kier molecular flexibility index (Phi) is 4.57. The second kappa shape index (κ2) is 7.15. The molecule has 0 spiro atoms. The smallest absolute Gasteiger partial charge is 0.159 e. The summed E-state index contributed by atoms with van der Waals surface area (Å²) >= 11 is 0. The number of piperidine rings is 1. The van der Waals surface area contributed by atoms with Crippen molar-refractivity contribution in [1.82, 2.24) is 24.6 Å². The maximum Gasteiger partial charge on any atom is 0.159 e. The summed E-state index contributed by atoms with van der Waals surface area (Å²) < 4.78 is 1.90. The van der Waals surface area contributed by atoms with Crippen LogP contribution in [0, 0.1) is 0 Å². The summed E-state index contributed by atoms with van der Waals surface area (Å²) in [5, 5.41) is 4.30. The molecule has 4 rings (SSSR count). The van der Waals surface area contributed by atoms with E-state index in [0.717, 1.165) is 31.0 Å². The number of benzene rings is 1. The maximum atomic E-state index is 4.53. The molecule has 0 unspecified atom stereocenters. The number of hydrogen-bond donors (Lipinski definition) is 0. The van der Waals surface area contributed by atoms with E-state index < -0.39 is 0 Å². The molecule has 0 N–H and O–H groups in total. The highest BCUT2D eigenvalue weighted by molar-refractivity contribution is 5.53. The minimum atomic E-state index is 0.640. The highest BCUT2D eigenvalue weighted by atomic mass is 15.2. The molecule has 5 nitrogen and oxygen atoms in total. The summed E-state index contributed by atoms with van der Waals surface area (Å²) in [4.78, 5) is 11.6. The molecule has 0 saturated carbocycles. The zero-order valence-electron chi connectivity index (χ0n) is 14.5. The van der Waals surface area contributed by atoms with Crippen molar-refractivity contribution in [3.05, 3.63) is 66.2 Å². The third-order valence-electron chi connectivity index (χ3n) is 4.93. The molecule has 0 bridgehead atoms. The summed E-state index contributed by atoms with van der Waals surface area (Å²) in [5.74, 6) is 1.43. The zero-order chi connectivity index (χ0) is 17.1. The Labute approximate surface area is 148 Å². The van der Waals surface area contributed by atoms with Crippen molar-refractivity contribution >= 4 is 0 Å². The van der Waals surface area contributed by atoms with Crippen LogP contribution in [0.3, 0.4) is 0 Å². The molecule has 0 atom stereocenters. The number of hydrogen-bond acceptors (Lipinski definition) is 4. The van der Waals surface area contributed by atoms with Crippen LogP contribution in [0.2, 0.25) is 0 Å². The lowest BCUT2D eigenvalue weighted by molar-refractivity contribution is 0.204. The van der Waals surface area contributed by atoms with Crippen molar-refractivity contribution in [1.29, 1.82) is 0 Å². The number of nitrogens with zero attached hydrogens (tertiary/aromatic N) is 5. The number of aromatic nitrogens is 4. The van der Waals surface area contributed by atoms with Gasteiger partial charge in [0.05, 0.1) is 6.20 Å². The Balaban J connectivity index is 1.34. The van der Waals surface area contributed by atoms with Crippen molar-refractivity contribution in [2.75, 3.05) is 13.1 Å². The lowest BCUT2D eigenvalue weighted by atomic mass is 9.91. The van der Waals surface area contributed by atoms with E-state index in [1.807, 2.05) is 60.7 Å². The van der Waals surface area contributed by atoms with E-state index in [-0.39, 0.29) is 0 Å². The Hall–Kier alpha value is -2.53. The minimum absolute atomic E-state index is 0.640. The van der Waals surface area contributed by atoms with Gasteiger partial charge in [-0.05, 0) is 37.4 Å². The van der Waals surface area contributed by atoms with Crippen LogP contribution in [0.25, 0.3) is 11.4 Å². The van der Waals surface area contributed by atoms with Crippen molar-refractivity contribution in [3.8, 4) is 11.4 Å². The molecular weight excluding hydrogens is 310 g/mol. The van der Waals surface area contributed by atoms with E-state index in [1.54, 1.807) is 0 Å². The van der Waals surface area contributed by atoms with Gasteiger partial charge in [-0.1, -0.05) is 30.3 Å². The number of rotatable bonds is 4. The molecule has 2 aromatic heterocycles. The first kappa shape index (κ1) is 16.0. The second-order valence-corrected chi connectivity index (χ2v) is 6.78. The molecule has 1 saturated heterocycles. The highest BCUT2D eigenvalue weighted by Gasteiger charge is 2.21. The highest BCUT2D eigenvalue weighted by Crippen LogP contribution is 2.28. The average Bonchev–Trinajstić information content (AvgIpc) is 3.10. The van der Waals surface area contributed by atoms with Crippen molar-refractivity contribution in [2.45, 2.75) is 25.3 Å². The fourth-order valence-corrected chi connectivity index (χ4v) is 3.51. The van der Waals surface area contributed by atoms with E-state index in [9.17, 15) is 0 Å². The summed E-state index contributed by atoms with van der Waals surface area (Å²) in [7, 11) is 1.98. The van der Waals surface area contributed by atoms with Gasteiger partial charge in [0.15, 0.2) is 5.82 Å². The van der Waals surface area contributed by atoms with Crippen LogP contribution in [0.15, 0.2) is 55.1 Å². The van der Waals surface area contributed by atoms with Crippen LogP contribution < -0.4 is 0 Å². The second-order valence-electron chi connectivity index (χ2n) is 6.78. The van der Waals surface area contributed by atoms with Gasteiger partial charge in [-0.25, -0.2) is 9.97 Å². The Morgan fingerprint density at radius 2 is 1.72 bits per heavy atom. The van der Waals surface area contributed by atoms with Crippen LogP contribution in [-0.4, -0.2) is 37.7 Å². The van der Waals surface area contributed by atoms with Crippen LogP contribution >= 0.6 is 0 Å². The summed E-state index contributed by atoms with van der Waals surface area (Å²) in [6, 6.07) is 10.1.